The van der Waals surface area contributed by atoms with E-state index in [1.807, 2.05) is 0 Å². The molecule has 0 unspecified atom stereocenters. The third-order valence-electron chi connectivity index (χ3n) is 0.500. The summed E-state index contributed by atoms with van der Waals surface area (Å²) in [5.41, 5.74) is 0. The third kappa shape index (κ3) is 21.2. The lowest BCUT2D eigenvalue weighted by Crippen LogP contribution is -1.47. The van der Waals surface area contributed by atoms with E-state index in [9.17, 15) is 0 Å². The Morgan fingerprint density at radius 3 is 1.33 bits per heavy atom. The SMILES string of the molecule is CCCC.[AlH2][Cl]. The molecule has 0 aromatic rings. The van der Waals surface area contributed by atoms with Crippen molar-refractivity contribution in [3.63, 3.8) is 0 Å². The third-order valence-corrected chi connectivity index (χ3v) is 0.500. The van der Waals surface area contributed by atoms with E-state index in [0.29, 0.717) is 0 Å². The summed E-state index contributed by atoms with van der Waals surface area (Å²) in [5, 5.41) is 0. The van der Waals surface area contributed by atoms with Gasteiger partial charge in [-0.1, -0.05) is 26.7 Å². The van der Waals surface area contributed by atoms with Crippen molar-refractivity contribution in [3.05, 3.63) is 0 Å². The molecule has 38 valence electrons. The summed E-state index contributed by atoms with van der Waals surface area (Å²) >= 11 is 0.778. The van der Waals surface area contributed by atoms with Gasteiger partial charge in [-0.25, -0.2) is 0 Å². The molecule has 0 bridgehead atoms. The summed E-state index contributed by atoms with van der Waals surface area (Å²) < 4.78 is 0. The summed E-state index contributed by atoms with van der Waals surface area (Å²) in [6.45, 7) is 4.36. The molecule has 0 spiro atoms. The minimum Gasteiger partial charge on any atom is -0.273 e. The van der Waals surface area contributed by atoms with Crippen molar-refractivity contribution < 1.29 is 0 Å². The van der Waals surface area contributed by atoms with Crippen LogP contribution in [0.2, 0.25) is 0 Å². The van der Waals surface area contributed by atoms with Gasteiger partial charge in [0.2, 0.25) is 0 Å². The zero-order valence-electron chi connectivity index (χ0n) is 4.79. The van der Waals surface area contributed by atoms with Crippen molar-refractivity contribution in [2.75, 3.05) is 0 Å². The lowest BCUT2D eigenvalue weighted by Gasteiger charge is -1.68. The zero-order valence-corrected chi connectivity index (χ0v) is 7.55. The van der Waals surface area contributed by atoms with E-state index in [1.165, 1.54) is 12.8 Å². The van der Waals surface area contributed by atoms with Crippen LogP contribution in [0.5, 0.6) is 0 Å². The van der Waals surface area contributed by atoms with E-state index in [4.69, 9.17) is 10.0 Å². The second-order valence-corrected chi connectivity index (χ2v) is 1.000. The number of hydrogen-bond acceptors (Lipinski definition) is 0. The molecule has 0 nitrogen and oxygen atoms in total. The summed E-state index contributed by atoms with van der Waals surface area (Å²) in [6.07, 6.45) is 2.64. The van der Waals surface area contributed by atoms with Crippen LogP contribution in [0.4, 0.5) is 0 Å². The van der Waals surface area contributed by atoms with Crippen molar-refractivity contribution in [3.8, 4) is 0 Å². The van der Waals surface area contributed by atoms with E-state index in [1.54, 1.807) is 0 Å². The summed E-state index contributed by atoms with van der Waals surface area (Å²) in [7, 11) is 4.78. The number of rotatable bonds is 1. The van der Waals surface area contributed by atoms with Crippen LogP contribution in [0.1, 0.15) is 26.7 Å². The van der Waals surface area contributed by atoms with Gasteiger partial charge in [0.15, 0.2) is 0 Å². The molecule has 0 aromatic heterocycles. The Bertz CT molecular complexity index is 9.51. The highest BCUT2D eigenvalue weighted by Gasteiger charge is 1.56. The molecule has 0 fully saturated rings. The highest BCUT2D eigenvalue weighted by molar-refractivity contribution is 6.80. The fraction of sp³-hybridized carbons (Fsp3) is 1.00. The predicted octanol–water partition coefficient (Wildman–Crippen LogP) is 1.58. The standard InChI is InChI=1S/C4H10.Al.ClH.2H/c1-3-4-2;;;;/h3-4H2,1-2H3;;1H;;/q;+1;;;/p-1. The average Bonchev–Trinajstić information content (AvgIpc) is 1.72. The smallest absolute Gasteiger partial charge is 0.273 e. The first-order valence-corrected chi connectivity index (χ1v) is 5.32. The van der Waals surface area contributed by atoms with Crippen LogP contribution in [0, 0.1) is 0 Å². The maximum absolute atomic E-state index is 4.78. The molecule has 0 aromatic carbocycles. The Morgan fingerprint density at radius 2 is 1.33 bits per heavy atom. The van der Waals surface area contributed by atoms with Gasteiger partial charge in [-0.15, -0.1) is 0 Å². The fourth-order valence-corrected chi connectivity index (χ4v) is 0. The first-order valence-electron chi connectivity index (χ1n) is 2.29. The van der Waals surface area contributed by atoms with Crippen LogP contribution in [-0.4, -0.2) is 15.4 Å². The molecule has 0 aliphatic rings. The monoisotopic (exact) mass is 122 g/mol. The molecular formula is C4H12AlCl. The Labute approximate surface area is 52.5 Å². The quantitative estimate of drug-likeness (QED) is 0.464. The largest absolute Gasteiger partial charge is 0.353 e. The molecule has 0 aliphatic carbocycles. The molecule has 0 atom stereocenters. The van der Waals surface area contributed by atoms with Crippen LogP contribution in [0.15, 0.2) is 0 Å². The summed E-state index contributed by atoms with van der Waals surface area (Å²) in [4.78, 5) is 0. The predicted molar refractivity (Wildman–Crippen MR) is 35.0 cm³/mol. The highest BCUT2D eigenvalue weighted by atomic mass is 35.6. The first kappa shape index (κ1) is 9.95. The molecular weight excluding hydrogens is 110 g/mol. The summed E-state index contributed by atoms with van der Waals surface area (Å²) in [5.74, 6) is 0. The minimum absolute atomic E-state index is 0.778. The van der Waals surface area contributed by atoms with E-state index in [0.717, 1.165) is 15.4 Å². The summed E-state index contributed by atoms with van der Waals surface area (Å²) in [6, 6.07) is 0. The first-order chi connectivity index (χ1) is 2.91. The number of unbranched alkanes of at least 4 members (excludes halogenated alkanes) is 1. The van der Waals surface area contributed by atoms with Gasteiger partial charge < -0.3 is 0 Å². The van der Waals surface area contributed by atoms with Crippen molar-refractivity contribution in [1.29, 1.82) is 0 Å². The molecule has 2 heteroatoms. The molecule has 6 heavy (non-hydrogen) atoms. The van der Waals surface area contributed by atoms with Crippen LogP contribution in [0.25, 0.3) is 0 Å². The van der Waals surface area contributed by atoms with E-state index in [-0.39, 0.29) is 0 Å². The maximum Gasteiger partial charge on any atom is 0.353 e. The molecule has 0 saturated carbocycles. The van der Waals surface area contributed by atoms with Gasteiger partial charge >= 0.3 is 15.4 Å². The van der Waals surface area contributed by atoms with E-state index in [2.05, 4.69) is 13.8 Å². The van der Waals surface area contributed by atoms with E-state index >= 15 is 0 Å². The Kier molecular flexibility index (Phi) is 28.2. The number of hydrogen-bond donors (Lipinski definition) is 0. The Balaban J connectivity index is 0. The molecule has 0 saturated heterocycles. The van der Waals surface area contributed by atoms with Crippen molar-refractivity contribution >= 4 is 25.4 Å². The average molecular weight is 123 g/mol. The van der Waals surface area contributed by atoms with Gasteiger partial charge in [0.25, 0.3) is 0 Å². The van der Waals surface area contributed by atoms with Crippen LogP contribution in [0.3, 0.4) is 0 Å². The molecule has 0 heterocycles. The maximum atomic E-state index is 4.78. The van der Waals surface area contributed by atoms with E-state index < -0.39 is 0 Å². The lowest BCUT2D eigenvalue weighted by molar-refractivity contribution is 0.886. The topological polar surface area (TPSA) is 0 Å². The van der Waals surface area contributed by atoms with Crippen molar-refractivity contribution in [2.24, 2.45) is 0 Å². The zero-order chi connectivity index (χ0) is 5.41. The lowest BCUT2D eigenvalue weighted by atomic mass is 10.4. The molecule has 0 radical (unpaired) electrons. The van der Waals surface area contributed by atoms with Gasteiger partial charge in [-0.05, 0) is 0 Å². The molecule has 0 N–H and O–H groups in total. The highest BCUT2D eigenvalue weighted by Crippen LogP contribution is 1.76. The molecule has 0 amide bonds. The van der Waals surface area contributed by atoms with Crippen molar-refractivity contribution in [2.45, 2.75) is 26.7 Å². The normalized spacial score (nSPS) is 5.83. The number of halogens is 1. The molecule has 0 rings (SSSR count). The van der Waals surface area contributed by atoms with Crippen LogP contribution in [-0.2, 0) is 0 Å². The second kappa shape index (κ2) is 17.0. The van der Waals surface area contributed by atoms with Gasteiger partial charge in [-0.3, -0.25) is 10.0 Å². The Morgan fingerprint density at radius 1 is 1.17 bits per heavy atom. The minimum atomic E-state index is 0.778. The Hall–Kier alpha value is 0.822. The van der Waals surface area contributed by atoms with Crippen LogP contribution >= 0.6 is 10.0 Å². The van der Waals surface area contributed by atoms with Crippen molar-refractivity contribution in [1.82, 2.24) is 0 Å². The van der Waals surface area contributed by atoms with Gasteiger partial charge in [0.1, 0.15) is 0 Å². The fourth-order valence-electron chi connectivity index (χ4n) is 0. The van der Waals surface area contributed by atoms with Gasteiger partial charge in [0, 0.05) is 0 Å². The molecule has 0 aliphatic heterocycles. The van der Waals surface area contributed by atoms with Crippen LogP contribution < -0.4 is 0 Å². The second-order valence-electron chi connectivity index (χ2n) is 1.000. The van der Waals surface area contributed by atoms with Gasteiger partial charge in [0.05, 0.1) is 0 Å². The van der Waals surface area contributed by atoms with Gasteiger partial charge in [-0.2, -0.15) is 0 Å².